The molecule has 2 aromatic carbocycles. The van der Waals surface area contributed by atoms with Crippen LogP contribution in [0.25, 0.3) is 27.8 Å². The quantitative estimate of drug-likeness (QED) is 0.513. The van der Waals surface area contributed by atoms with Crippen molar-refractivity contribution >= 4 is 22.1 Å². The molecule has 0 N–H and O–H groups in total. The Hall–Kier alpha value is -3.22. The molecule has 0 spiro atoms. The molecule has 7 nitrogen and oxygen atoms in total. The molecular formula is C21H23N3O4. The Bertz CT molecular complexity index is 1270. The minimum absolute atomic E-state index is 0.123. The Morgan fingerprint density at radius 2 is 1.82 bits per heavy atom. The van der Waals surface area contributed by atoms with E-state index in [9.17, 15) is 9.59 Å². The van der Waals surface area contributed by atoms with Crippen LogP contribution in [0, 0.1) is 0 Å². The van der Waals surface area contributed by atoms with Gasteiger partial charge in [-0.15, -0.1) is 0 Å². The summed E-state index contributed by atoms with van der Waals surface area (Å²) in [6, 6.07) is 11.1. The summed E-state index contributed by atoms with van der Waals surface area (Å²) in [5, 5.41) is 0. The third-order valence-electron chi connectivity index (χ3n) is 4.84. The minimum atomic E-state index is -0.423. The Kier molecular flexibility index (Phi) is 4.58. The molecular weight excluding hydrogens is 358 g/mol. The van der Waals surface area contributed by atoms with Gasteiger partial charge < -0.3 is 9.15 Å². The summed E-state index contributed by atoms with van der Waals surface area (Å²) in [6.07, 6.45) is 1.72. The standard InChI is InChI=1S/C21H23N3O4/c1-4-9-23-16-13-19-18(22(3)21(26)28-19)12-17(16)24(20(23)25)14-7-6-8-15(11-14)27-10-5-2/h6-8,11-13H,4-5,9-10H2,1-3H3. The molecule has 0 bridgehead atoms. The Morgan fingerprint density at radius 3 is 2.57 bits per heavy atom. The topological polar surface area (TPSA) is 71.3 Å². The lowest BCUT2D eigenvalue weighted by Crippen LogP contribution is -2.23. The zero-order valence-electron chi connectivity index (χ0n) is 16.3. The maximum absolute atomic E-state index is 13.2. The first-order valence-electron chi connectivity index (χ1n) is 9.53. The van der Waals surface area contributed by atoms with E-state index in [1.165, 1.54) is 4.57 Å². The molecule has 28 heavy (non-hydrogen) atoms. The van der Waals surface area contributed by atoms with Gasteiger partial charge in [0.05, 0.1) is 28.8 Å². The first-order valence-corrected chi connectivity index (χ1v) is 9.53. The SMILES string of the molecule is CCCOc1cccc(-n2c(=O)n(CCC)c3cc4oc(=O)n(C)c4cc32)c1. The van der Waals surface area contributed by atoms with Gasteiger partial charge in [0.25, 0.3) is 0 Å². The van der Waals surface area contributed by atoms with E-state index in [4.69, 9.17) is 9.15 Å². The summed E-state index contributed by atoms with van der Waals surface area (Å²) in [6.45, 7) is 5.27. The van der Waals surface area contributed by atoms with Gasteiger partial charge in [-0.1, -0.05) is 19.9 Å². The molecule has 0 unspecified atom stereocenters. The summed E-state index contributed by atoms with van der Waals surface area (Å²) in [5.74, 6) is 0.299. The zero-order valence-corrected chi connectivity index (χ0v) is 16.3. The molecule has 0 aliphatic rings. The van der Waals surface area contributed by atoms with Gasteiger partial charge in [-0.05, 0) is 31.0 Å². The molecule has 0 saturated carbocycles. The van der Waals surface area contributed by atoms with E-state index in [2.05, 4.69) is 0 Å². The number of imidazole rings is 1. The van der Waals surface area contributed by atoms with Crippen LogP contribution in [0.5, 0.6) is 5.75 Å². The van der Waals surface area contributed by atoms with Crippen molar-refractivity contribution < 1.29 is 9.15 Å². The number of hydrogen-bond donors (Lipinski definition) is 0. The number of nitrogens with zero attached hydrogens (tertiary/aromatic N) is 3. The molecule has 146 valence electrons. The molecule has 0 aliphatic heterocycles. The average molecular weight is 381 g/mol. The zero-order chi connectivity index (χ0) is 19.8. The van der Waals surface area contributed by atoms with Gasteiger partial charge in [0, 0.05) is 25.7 Å². The predicted octanol–water partition coefficient (Wildman–Crippen LogP) is 3.44. The van der Waals surface area contributed by atoms with E-state index >= 15 is 0 Å². The molecule has 0 fully saturated rings. The molecule has 0 atom stereocenters. The molecule has 4 aromatic rings. The van der Waals surface area contributed by atoms with Gasteiger partial charge in [0.2, 0.25) is 0 Å². The Balaban J connectivity index is 2.02. The van der Waals surface area contributed by atoms with E-state index in [1.807, 2.05) is 44.2 Å². The number of fused-ring (bicyclic) bond motifs is 2. The van der Waals surface area contributed by atoms with Crippen LogP contribution in [0.2, 0.25) is 0 Å². The summed E-state index contributed by atoms with van der Waals surface area (Å²) in [7, 11) is 1.66. The lowest BCUT2D eigenvalue weighted by atomic mass is 10.2. The maximum atomic E-state index is 13.2. The Morgan fingerprint density at radius 1 is 1.00 bits per heavy atom. The van der Waals surface area contributed by atoms with Crippen LogP contribution in [0.1, 0.15) is 26.7 Å². The maximum Gasteiger partial charge on any atom is 0.419 e. The van der Waals surface area contributed by atoms with Crippen molar-refractivity contribution in [1.82, 2.24) is 13.7 Å². The summed E-state index contributed by atoms with van der Waals surface area (Å²) in [4.78, 5) is 25.2. The second-order valence-corrected chi connectivity index (χ2v) is 6.85. The van der Waals surface area contributed by atoms with Crippen molar-refractivity contribution in [3.05, 3.63) is 57.4 Å². The van der Waals surface area contributed by atoms with Gasteiger partial charge in [0.1, 0.15) is 5.75 Å². The van der Waals surface area contributed by atoms with Crippen LogP contribution in [-0.4, -0.2) is 20.3 Å². The number of hydrogen-bond acceptors (Lipinski definition) is 4. The van der Waals surface area contributed by atoms with Crippen LogP contribution in [0.3, 0.4) is 0 Å². The van der Waals surface area contributed by atoms with E-state index in [0.717, 1.165) is 35.3 Å². The van der Waals surface area contributed by atoms with Crippen LogP contribution in [0.15, 0.2) is 50.4 Å². The van der Waals surface area contributed by atoms with Gasteiger partial charge in [-0.2, -0.15) is 0 Å². The fourth-order valence-corrected chi connectivity index (χ4v) is 3.49. The third kappa shape index (κ3) is 2.83. The molecule has 0 amide bonds. The van der Waals surface area contributed by atoms with Crippen molar-refractivity contribution in [3.8, 4) is 11.4 Å². The molecule has 0 aliphatic carbocycles. The molecule has 7 heteroatoms. The average Bonchev–Trinajstić information content (AvgIpc) is 3.12. The number of aryl methyl sites for hydroxylation is 2. The second kappa shape index (κ2) is 7.07. The van der Waals surface area contributed by atoms with E-state index in [1.54, 1.807) is 22.2 Å². The number of rotatable bonds is 6. The van der Waals surface area contributed by atoms with Crippen LogP contribution in [0.4, 0.5) is 0 Å². The number of benzene rings is 2. The van der Waals surface area contributed by atoms with Crippen LogP contribution in [-0.2, 0) is 13.6 Å². The molecule has 2 heterocycles. The highest BCUT2D eigenvalue weighted by Crippen LogP contribution is 2.25. The monoisotopic (exact) mass is 381 g/mol. The summed E-state index contributed by atoms with van der Waals surface area (Å²) in [5.41, 5.74) is 3.21. The highest BCUT2D eigenvalue weighted by Gasteiger charge is 2.18. The summed E-state index contributed by atoms with van der Waals surface area (Å²) >= 11 is 0. The van der Waals surface area contributed by atoms with Gasteiger partial charge in [0.15, 0.2) is 5.58 Å². The van der Waals surface area contributed by atoms with Crippen LogP contribution < -0.4 is 16.2 Å². The van der Waals surface area contributed by atoms with Gasteiger partial charge >= 0.3 is 11.4 Å². The van der Waals surface area contributed by atoms with E-state index in [0.29, 0.717) is 24.3 Å². The normalized spacial score (nSPS) is 11.5. The molecule has 4 rings (SSSR count). The van der Waals surface area contributed by atoms with Gasteiger partial charge in [-0.25, -0.2) is 9.59 Å². The van der Waals surface area contributed by atoms with Crippen molar-refractivity contribution in [2.75, 3.05) is 6.61 Å². The smallest absolute Gasteiger partial charge is 0.419 e. The fraction of sp³-hybridized carbons (Fsp3) is 0.333. The van der Waals surface area contributed by atoms with Crippen LogP contribution >= 0.6 is 0 Å². The van der Waals surface area contributed by atoms with E-state index in [-0.39, 0.29) is 5.69 Å². The largest absolute Gasteiger partial charge is 0.494 e. The van der Waals surface area contributed by atoms with E-state index < -0.39 is 5.76 Å². The third-order valence-corrected chi connectivity index (χ3v) is 4.84. The molecule has 0 radical (unpaired) electrons. The highest BCUT2D eigenvalue weighted by molar-refractivity contribution is 5.91. The number of aromatic nitrogens is 3. The first-order chi connectivity index (χ1) is 13.5. The number of oxazole rings is 1. The Labute approximate surface area is 161 Å². The predicted molar refractivity (Wildman–Crippen MR) is 109 cm³/mol. The highest BCUT2D eigenvalue weighted by atomic mass is 16.5. The second-order valence-electron chi connectivity index (χ2n) is 6.85. The lowest BCUT2D eigenvalue weighted by molar-refractivity contribution is 0.317. The van der Waals surface area contributed by atoms with Crippen molar-refractivity contribution in [3.63, 3.8) is 0 Å². The minimum Gasteiger partial charge on any atom is -0.494 e. The van der Waals surface area contributed by atoms with Crippen molar-refractivity contribution in [1.29, 1.82) is 0 Å². The molecule has 0 saturated heterocycles. The van der Waals surface area contributed by atoms with Crippen molar-refractivity contribution in [2.24, 2.45) is 7.05 Å². The first kappa shape index (κ1) is 18.2. The number of ether oxygens (including phenoxy) is 1. The lowest BCUT2D eigenvalue weighted by Gasteiger charge is -2.08. The van der Waals surface area contributed by atoms with Crippen molar-refractivity contribution in [2.45, 2.75) is 33.2 Å². The summed E-state index contributed by atoms with van der Waals surface area (Å²) < 4.78 is 15.9. The van der Waals surface area contributed by atoms with Gasteiger partial charge in [-0.3, -0.25) is 13.7 Å². The molecule has 2 aromatic heterocycles. The fourth-order valence-electron chi connectivity index (χ4n) is 3.49.